The Morgan fingerprint density at radius 1 is 1.33 bits per heavy atom. The fourth-order valence-electron chi connectivity index (χ4n) is 1.61. The Bertz CT molecular complexity index is 671. The van der Waals surface area contributed by atoms with E-state index in [0.29, 0.717) is 22.3 Å². The Balaban J connectivity index is 3.33. The van der Waals surface area contributed by atoms with E-state index < -0.39 is 15.1 Å². The number of anilines is 1. The van der Waals surface area contributed by atoms with Crippen molar-refractivity contribution in [3.05, 3.63) is 39.3 Å². The minimum absolute atomic E-state index is 0.282. The molecule has 0 heterocycles. The van der Waals surface area contributed by atoms with Crippen LogP contribution in [0.2, 0.25) is 10.0 Å². The van der Waals surface area contributed by atoms with Crippen molar-refractivity contribution in [2.75, 3.05) is 11.4 Å². The van der Waals surface area contributed by atoms with Crippen molar-refractivity contribution in [1.29, 1.82) is 5.26 Å². The van der Waals surface area contributed by atoms with Crippen LogP contribution in [0.15, 0.2) is 29.3 Å². The number of nitriles is 1. The van der Waals surface area contributed by atoms with Gasteiger partial charge in [0.1, 0.15) is 6.07 Å². The predicted molar refractivity (Wildman–Crippen MR) is 87.2 cm³/mol. The molecule has 0 unspecified atom stereocenters. The summed E-state index contributed by atoms with van der Waals surface area (Å²) in [5.41, 5.74) is 0.627. The van der Waals surface area contributed by atoms with Crippen molar-refractivity contribution >= 4 is 38.7 Å². The average molecular weight is 347 g/mol. The van der Waals surface area contributed by atoms with Crippen LogP contribution in [0, 0.1) is 11.3 Å². The number of rotatable bonds is 5. The van der Waals surface area contributed by atoms with Gasteiger partial charge in [0.25, 0.3) is 0 Å². The molecule has 0 bridgehead atoms. The van der Waals surface area contributed by atoms with Crippen molar-refractivity contribution in [3.8, 4) is 6.07 Å². The lowest BCUT2D eigenvalue weighted by Gasteiger charge is -2.20. The van der Waals surface area contributed by atoms with Gasteiger partial charge in [0.05, 0.1) is 5.25 Å². The van der Waals surface area contributed by atoms with Crippen molar-refractivity contribution in [3.63, 3.8) is 0 Å². The third-order valence-electron chi connectivity index (χ3n) is 2.83. The van der Waals surface area contributed by atoms with Crippen LogP contribution in [0.5, 0.6) is 0 Å². The van der Waals surface area contributed by atoms with Gasteiger partial charge in [-0.25, -0.2) is 8.42 Å². The third kappa shape index (κ3) is 4.37. The summed E-state index contributed by atoms with van der Waals surface area (Å²) in [6, 6.07) is 6.65. The minimum Gasteiger partial charge on any atom is -0.346 e. The molecule has 7 heteroatoms. The summed E-state index contributed by atoms with van der Waals surface area (Å²) in [4.78, 5) is 1.34. The number of nitrogens with zero attached hydrogens (tertiary/aromatic N) is 2. The number of benzene rings is 1. The highest BCUT2D eigenvalue weighted by Crippen LogP contribution is 2.26. The average Bonchev–Trinajstić information content (AvgIpc) is 2.38. The molecular weight excluding hydrogens is 331 g/mol. The van der Waals surface area contributed by atoms with Crippen molar-refractivity contribution < 1.29 is 8.42 Å². The fourth-order valence-corrected chi connectivity index (χ4v) is 3.04. The van der Waals surface area contributed by atoms with Gasteiger partial charge >= 0.3 is 0 Å². The lowest BCUT2D eigenvalue weighted by molar-refractivity contribution is 0.594. The van der Waals surface area contributed by atoms with Crippen LogP contribution in [0.3, 0.4) is 0 Å². The highest BCUT2D eigenvalue weighted by atomic mass is 35.5. The van der Waals surface area contributed by atoms with Gasteiger partial charge in [-0.15, -0.1) is 0 Å². The van der Waals surface area contributed by atoms with Gasteiger partial charge < -0.3 is 4.90 Å². The molecular formula is C14H16Cl2N2O2S. The van der Waals surface area contributed by atoms with Crippen LogP contribution >= 0.6 is 23.2 Å². The van der Waals surface area contributed by atoms with Crippen LogP contribution in [0.25, 0.3) is 0 Å². The van der Waals surface area contributed by atoms with E-state index in [1.807, 2.05) is 6.92 Å². The van der Waals surface area contributed by atoms with Gasteiger partial charge in [-0.1, -0.05) is 23.2 Å². The molecule has 0 aliphatic rings. The van der Waals surface area contributed by atoms with E-state index in [1.165, 1.54) is 20.0 Å². The molecule has 0 saturated carbocycles. The number of hydrogen-bond acceptors (Lipinski definition) is 4. The maximum Gasteiger partial charge on any atom is 0.192 e. The van der Waals surface area contributed by atoms with Crippen LogP contribution in [0.4, 0.5) is 5.69 Å². The summed E-state index contributed by atoms with van der Waals surface area (Å²) in [6.07, 6.45) is 1.32. The summed E-state index contributed by atoms with van der Waals surface area (Å²) in [7, 11) is -3.63. The van der Waals surface area contributed by atoms with Gasteiger partial charge in [0.15, 0.2) is 14.7 Å². The van der Waals surface area contributed by atoms with E-state index in [2.05, 4.69) is 0 Å². The van der Waals surface area contributed by atoms with Crippen molar-refractivity contribution in [1.82, 2.24) is 0 Å². The van der Waals surface area contributed by atoms with E-state index >= 15 is 0 Å². The highest BCUT2D eigenvalue weighted by molar-refractivity contribution is 7.96. The molecule has 0 saturated heterocycles. The molecule has 0 radical (unpaired) electrons. The molecule has 1 aromatic carbocycles. The summed E-state index contributed by atoms with van der Waals surface area (Å²) >= 11 is 11.9. The molecule has 0 spiro atoms. The molecule has 21 heavy (non-hydrogen) atoms. The largest absolute Gasteiger partial charge is 0.346 e. The summed E-state index contributed by atoms with van der Waals surface area (Å²) in [5.74, 6) is 0. The molecule has 0 N–H and O–H groups in total. The Morgan fingerprint density at radius 3 is 2.24 bits per heavy atom. The normalized spacial score (nSPS) is 12.3. The van der Waals surface area contributed by atoms with Gasteiger partial charge in [-0.05, 0) is 39.0 Å². The van der Waals surface area contributed by atoms with Crippen molar-refractivity contribution in [2.45, 2.75) is 26.0 Å². The predicted octanol–water partition coefficient (Wildman–Crippen LogP) is 4.01. The smallest absolute Gasteiger partial charge is 0.192 e. The zero-order valence-corrected chi connectivity index (χ0v) is 14.3. The molecule has 0 amide bonds. The highest BCUT2D eigenvalue weighted by Gasteiger charge is 2.23. The molecule has 0 aliphatic carbocycles. The van der Waals surface area contributed by atoms with E-state index in [9.17, 15) is 8.42 Å². The monoisotopic (exact) mass is 346 g/mol. The van der Waals surface area contributed by atoms with E-state index in [0.717, 1.165) is 0 Å². The van der Waals surface area contributed by atoms with Crippen LogP contribution in [-0.4, -0.2) is 20.2 Å². The molecule has 0 aliphatic heterocycles. The topological polar surface area (TPSA) is 61.2 Å². The zero-order valence-electron chi connectivity index (χ0n) is 12.0. The first-order chi connectivity index (χ1) is 9.72. The van der Waals surface area contributed by atoms with Crippen molar-refractivity contribution in [2.24, 2.45) is 0 Å². The molecule has 1 aromatic rings. The molecule has 0 aromatic heterocycles. The molecule has 0 fully saturated rings. The number of hydrogen-bond donors (Lipinski definition) is 0. The Morgan fingerprint density at radius 2 is 1.86 bits per heavy atom. The first-order valence-electron chi connectivity index (χ1n) is 6.31. The second kappa shape index (κ2) is 7.17. The SMILES string of the molecule is CCN(/C=C(\C#N)S(=O)(=O)C(C)C)c1cc(Cl)cc(Cl)c1. The lowest BCUT2D eigenvalue weighted by atomic mass is 10.3. The summed E-state index contributed by atoms with van der Waals surface area (Å²) in [5, 5.41) is 9.35. The maximum atomic E-state index is 12.1. The number of sulfone groups is 1. The quantitative estimate of drug-likeness (QED) is 0.755. The van der Waals surface area contributed by atoms with Crippen LogP contribution in [0.1, 0.15) is 20.8 Å². The number of halogens is 2. The molecule has 4 nitrogen and oxygen atoms in total. The fraction of sp³-hybridized carbons (Fsp3) is 0.357. The number of allylic oxidation sites excluding steroid dienone is 1. The summed E-state index contributed by atoms with van der Waals surface area (Å²) in [6.45, 7) is 5.37. The molecule has 114 valence electrons. The first kappa shape index (κ1) is 17.8. The molecule has 1 rings (SSSR count). The summed E-state index contributed by atoms with van der Waals surface area (Å²) < 4.78 is 24.2. The minimum atomic E-state index is -3.63. The Kier molecular flexibility index (Phi) is 6.09. The van der Waals surface area contributed by atoms with E-state index in [-0.39, 0.29) is 4.91 Å². The molecule has 0 atom stereocenters. The lowest BCUT2D eigenvalue weighted by Crippen LogP contribution is -2.21. The van der Waals surface area contributed by atoms with Gasteiger partial charge in [0.2, 0.25) is 0 Å². The standard InChI is InChI=1S/C14H16Cl2N2O2S/c1-4-18(13-6-11(15)5-12(16)7-13)9-14(8-17)21(19,20)10(2)3/h5-7,9-10H,4H2,1-3H3/b14-9+. The van der Waals surface area contributed by atoms with Gasteiger partial charge in [-0.3, -0.25) is 0 Å². The Labute approximate surface area is 135 Å². The van der Waals surface area contributed by atoms with Crippen LogP contribution in [-0.2, 0) is 9.84 Å². The van der Waals surface area contributed by atoms with Gasteiger partial charge in [0, 0.05) is 28.5 Å². The third-order valence-corrected chi connectivity index (χ3v) is 5.32. The second-order valence-electron chi connectivity index (χ2n) is 4.61. The Hall–Kier alpha value is -1.22. The van der Waals surface area contributed by atoms with E-state index in [1.54, 1.807) is 29.2 Å². The van der Waals surface area contributed by atoms with E-state index in [4.69, 9.17) is 28.5 Å². The zero-order chi connectivity index (χ0) is 16.2. The first-order valence-corrected chi connectivity index (χ1v) is 8.61. The maximum absolute atomic E-state index is 12.1. The van der Waals surface area contributed by atoms with Gasteiger partial charge in [-0.2, -0.15) is 5.26 Å². The second-order valence-corrected chi connectivity index (χ2v) is 7.96. The van der Waals surface area contributed by atoms with Crippen LogP contribution < -0.4 is 4.90 Å².